The van der Waals surface area contributed by atoms with Crippen molar-refractivity contribution < 1.29 is 9.53 Å². The molecule has 1 heterocycles. The van der Waals surface area contributed by atoms with Crippen LogP contribution in [0.5, 0.6) is 0 Å². The normalized spacial score (nSPS) is 10.5. The van der Waals surface area contributed by atoms with Crippen LogP contribution in [0.2, 0.25) is 0 Å². The van der Waals surface area contributed by atoms with Gasteiger partial charge in [-0.2, -0.15) is 0 Å². The zero-order valence-corrected chi connectivity index (χ0v) is 11.3. The van der Waals surface area contributed by atoms with Crippen molar-refractivity contribution in [2.75, 3.05) is 31.3 Å². The van der Waals surface area contributed by atoms with Crippen LogP contribution in [0, 0.1) is 6.92 Å². The van der Waals surface area contributed by atoms with E-state index in [1.54, 1.807) is 18.1 Å². The maximum Gasteiger partial charge on any atom is 0.325 e. The van der Waals surface area contributed by atoms with Crippen LogP contribution in [-0.2, 0) is 9.53 Å². The first-order valence-electron chi connectivity index (χ1n) is 5.96. The van der Waals surface area contributed by atoms with Gasteiger partial charge in [0.05, 0.1) is 7.11 Å². The van der Waals surface area contributed by atoms with Gasteiger partial charge >= 0.3 is 5.97 Å². The van der Waals surface area contributed by atoms with Gasteiger partial charge in [0.25, 0.3) is 0 Å². The number of anilines is 2. The highest BCUT2D eigenvalue weighted by Gasteiger charge is 2.13. The fourth-order valence-corrected chi connectivity index (χ4v) is 2.13. The Kier molecular flexibility index (Phi) is 3.55. The van der Waals surface area contributed by atoms with Crippen LogP contribution in [0.4, 0.5) is 11.5 Å². The van der Waals surface area contributed by atoms with Crippen LogP contribution in [0.15, 0.2) is 24.4 Å². The van der Waals surface area contributed by atoms with E-state index >= 15 is 0 Å². The molecule has 19 heavy (non-hydrogen) atoms. The molecular formula is C14H17N3O2. The standard InChI is InChI=1S/C14H17N3O2/c1-9-7-16-14(17(2)8-12(18)19-3)10-5-4-6-11(15)13(9)10/h4-7H,8,15H2,1-3H3. The number of aryl methyl sites for hydroxylation is 1. The van der Waals surface area contributed by atoms with E-state index in [4.69, 9.17) is 5.73 Å². The lowest BCUT2D eigenvalue weighted by atomic mass is 10.1. The number of carbonyl (C=O) groups is 1. The second-order valence-electron chi connectivity index (χ2n) is 4.47. The summed E-state index contributed by atoms with van der Waals surface area (Å²) in [5.74, 6) is 0.417. The average molecular weight is 259 g/mol. The van der Waals surface area contributed by atoms with Crippen molar-refractivity contribution >= 4 is 28.2 Å². The Hall–Kier alpha value is -2.30. The van der Waals surface area contributed by atoms with Crippen LogP contribution in [-0.4, -0.2) is 31.7 Å². The maximum absolute atomic E-state index is 11.3. The maximum atomic E-state index is 11.3. The van der Waals surface area contributed by atoms with E-state index in [2.05, 4.69) is 9.72 Å². The molecule has 100 valence electrons. The fourth-order valence-electron chi connectivity index (χ4n) is 2.13. The Bertz CT molecular complexity index is 617. The Balaban J connectivity index is 2.53. The van der Waals surface area contributed by atoms with Gasteiger partial charge in [-0.05, 0) is 18.6 Å². The Morgan fingerprint density at radius 3 is 2.89 bits per heavy atom. The van der Waals surface area contributed by atoms with E-state index in [-0.39, 0.29) is 12.5 Å². The third-order valence-electron chi connectivity index (χ3n) is 3.07. The van der Waals surface area contributed by atoms with Crippen molar-refractivity contribution in [3.63, 3.8) is 0 Å². The molecule has 2 N–H and O–H groups in total. The Labute approximate surface area is 112 Å². The third-order valence-corrected chi connectivity index (χ3v) is 3.07. The number of rotatable bonds is 3. The van der Waals surface area contributed by atoms with E-state index < -0.39 is 0 Å². The number of carbonyl (C=O) groups excluding carboxylic acids is 1. The van der Waals surface area contributed by atoms with Gasteiger partial charge in [0.15, 0.2) is 0 Å². The molecule has 0 unspecified atom stereocenters. The molecule has 0 radical (unpaired) electrons. The number of fused-ring (bicyclic) bond motifs is 1. The molecule has 0 saturated carbocycles. The van der Waals surface area contributed by atoms with Gasteiger partial charge in [-0.3, -0.25) is 4.79 Å². The summed E-state index contributed by atoms with van der Waals surface area (Å²) in [4.78, 5) is 17.5. The van der Waals surface area contributed by atoms with E-state index in [1.807, 2.05) is 25.1 Å². The van der Waals surface area contributed by atoms with Crippen molar-refractivity contribution in [2.24, 2.45) is 0 Å². The van der Waals surface area contributed by atoms with Gasteiger partial charge in [0.1, 0.15) is 12.4 Å². The summed E-state index contributed by atoms with van der Waals surface area (Å²) < 4.78 is 4.67. The van der Waals surface area contributed by atoms with Crippen molar-refractivity contribution in [3.8, 4) is 0 Å². The van der Waals surface area contributed by atoms with Gasteiger partial charge in [-0.15, -0.1) is 0 Å². The SMILES string of the molecule is COC(=O)CN(C)c1ncc(C)c2c(N)cccc12. The minimum atomic E-state index is -0.304. The quantitative estimate of drug-likeness (QED) is 0.671. The number of hydrogen-bond donors (Lipinski definition) is 1. The molecule has 1 aromatic carbocycles. The molecule has 1 aromatic heterocycles. The molecule has 0 amide bonds. The molecular weight excluding hydrogens is 242 g/mol. The number of nitrogens with two attached hydrogens (primary N) is 1. The lowest BCUT2D eigenvalue weighted by Crippen LogP contribution is -2.27. The first kappa shape index (κ1) is 13.1. The van der Waals surface area contributed by atoms with Crippen LogP contribution in [0.1, 0.15) is 5.56 Å². The predicted molar refractivity (Wildman–Crippen MR) is 76.2 cm³/mol. The number of aromatic nitrogens is 1. The lowest BCUT2D eigenvalue weighted by molar-refractivity contribution is -0.138. The number of ether oxygens (including phenoxy) is 1. The summed E-state index contributed by atoms with van der Waals surface area (Å²) in [7, 11) is 3.17. The summed E-state index contributed by atoms with van der Waals surface area (Å²) in [5.41, 5.74) is 7.75. The summed E-state index contributed by atoms with van der Waals surface area (Å²) in [5, 5.41) is 1.91. The first-order chi connectivity index (χ1) is 9.04. The molecule has 0 aliphatic heterocycles. The van der Waals surface area contributed by atoms with Gasteiger partial charge in [-0.25, -0.2) is 4.98 Å². The van der Waals surface area contributed by atoms with E-state index in [9.17, 15) is 4.79 Å². The summed E-state index contributed by atoms with van der Waals surface area (Å²) in [6.45, 7) is 2.12. The monoisotopic (exact) mass is 259 g/mol. The summed E-state index contributed by atoms with van der Waals surface area (Å²) in [6, 6.07) is 5.70. The zero-order chi connectivity index (χ0) is 14.0. The molecule has 0 fully saturated rings. The first-order valence-corrected chi connectivity index (χ1v) is 5.96. The van der Waals surface area contributed by atoms with Crippen LogP contribution >= 0.6 is 0 Å². The average Bonchev–Trinajstić information content (AvgIpc) is 2.38. The second kappa shape index (κ2) is 5.14. The smallest absolute Gasteiger partial charge is 0.325 e. The topological polar surface area (TPSA) is 68.5 Å². The van der Waals surface area contributed by atoms with Crippen molar-refractivity contribution in [1.82, 2.24) is 4.98 Å². The van der Waals surface area contributed by atoms with Crippen LogP contribution in [0.3, 0.4) is 0 Å². The number of hydrogen-bond acceptors (Lipinski definition) is 5. The number of nitrogen functional groups attached to an aromatic ring is 1. The molecule has 0 saturated heterocycles. The van der Waals surface area contributed by atoms with Crippen molar-refractivity contribution in [3.05, 3.63) is 30.0 Å². The third kappa shape index (κ3) is 2.45. The highest BCUT2D eigenvalue weighted by atomic mass is 16.5. The largest absolute Gasteiger partial charge is 0.468 e. The minimum absolute atomic E-state index is 0.149. The summed E-state index contributed by atoms with van der Waals surface area (Å²) in [6.07, 6.45) is 1.77. The van der Waals surface area contributed by atoms with E-state index in [0.29, 0.717) is 5.69 Å². The predicted octanol–water partition coefficient (Wildman–Crippen LogP) is 1.73. The second-order valence-corrected chi connectivity index (χ2v) is 4.47. The van der Waals surface area contributed by atoms with Gasteiger partial charge in [0.2, 0.25) is 0 Å². The molecule has 0 aliphatic rings. The molecule has 5 nitrogen and oxygen atoms in total. The summed E-state index contributed by atoms with van der Waals surface area (Å²) >= 11 is 0. The number of benzene rings is 1. The van der Waals surface area contributed by atoms with Crippen molar-refractivity contribution in [1.29, 1.82) is 0 Å². The van der Waals surface area contributed by atoms with Crippen LogP contribution in [0.25, 0.3) is 10.8 Å². The van der Waals surface area contributed by atoms with Gasteiger partial charge in [0, 0.05) is 29.7 Å². The molecule has 0 aliphatic carbocycles. The molecule has 0 bridgehead atoms. The molecule has 2 rings (SSSR count). The number of methoxy groups -OCH3 is 1. The van der Waals surface area contributed by atoms with Crippen LogP contribution < -0.4 is 10.6 Å². The molecule has 2 aromatic rings. The highest BCUT2D eigenvalue weighted by Crippen LogP contribution is 2.30. The Morgan fingerprint density at radius 2 is 2.21 bits per heavy atom. The lowest BCUT2D eigenvalue weighted by Gasteiger charge is -2.19. The van der Waals surface area contributed by atoms with E-state index in [1.165, 1.54) is 7.11 Å². The number of nitrogens with zero attached hydrogens (tertiary/aromatic N) is 2. The highest BCUT2D eigenvalue weighted by molar-refractivity contribution is 6.01. The van der Waals surface area contributed by atoms with Crippen molar-refractivity contribution in [2.45, 2.75) is 6.92 Å². The molecule has 0 spiro atoms. The molecule has 0 atom stereocenters. The number of likely N-dealkylation sites (N-methyl/N-ethyl adjacent to an activating group) is 1. The zero-order valence-electron chi connectivity index (χ0n) is 11.3. The van der Waals surface area contributed by atoms with E-state index in [0.717, 1.165) is 22.2 Å². The Morgan fingerprint density at radius 1 is 1.47 bits per heavy atom. The molecule has 5 heteroatoms. The van der Waals surface area contributed by atoms with Gasteiger partial charge < -0.3 is 15.4 Å². The minimum Gasteiger partial charge on any atom is -0.468 e. The number of pyridine rings is 1. The van der Waals surface area contributed by atoms with Gasteiger partial charge in [-0.1, -0.05) is 12.1 Å². The number of esters is 1. The fraction of sp³-hybridized carbons (Fsp3) is 0.286.